The molecule has 0 bridgehead atoms. The Bertz CT molecular complexity index is 336. The second-order valence-electron chi connectivity index (χ2n) is 3.49. The normalized spacial score (nSPS) is 10.1. The number of para-hydroxylation sites is 1. The number of hydrogen-bond acceptors (Lipinski definition) is 3. The Labute approximate surface area is 87.8 Å². The third kappa shape index (κ3) is 3.97. The molecule has 0 aromatic heterocycles. The molecular formula is C11H13FO3. The maximum Gasteiger partial charge on any atom is 0.513 e. The fourth-order valence-corrected chi connectivity index (χ4v) is 0.881. The lowest BCUT2D eigenvalue weighted by Gasteiger charge is -2.07. The van der Waals surface area contributed by atoms with Gasteiger partial charge in [-0.05, 0) is 18.1 Å². The standard InChI is InChI=1S/C11H13FO3/c1-8(2)7-14-11(13)15-10-6-4-3-5-9(10)12/h3-6,8H,7H2,1-2H3. The van der Waals surface area contributed by atoms with Crippen LogP contribution in [0.2, 0.25) is 0 Å². The molecule has 0 N–H and O–H groups in total. The van der Waals surface area contributed by atoms with Crippen LogP contribution in [-0.4, -0.2) is 12.8 Å². The Hall–Kier alpha value is -1.58. The number of benzene rings is 1. The van der Waals surface area contributed by atoms with Gasteiger partial charge < -0.3 is 9.47 Å². The second kappa shape index (κ2) is 5.34. The van der Waals surface area contributed by atoms with Crippen LogP contribution in [0.25, 0.3) is 0 Å². The van der Waals surface area contributed by atoms with Gasteiger partial charge in [0, 0.05) is 0 Å². The van der Waals surface area contributed by atoms with Crippen molar-refractivity contribution in [3.63, 3.8) is 0 Å². The molecule has 0 aliphatic carbocycles. The summed E-state index contributed by atoms with van der Waals surface area (Å²) in [7, 11) is 0. The highest BCUT2D eigenvalue weighted by Crippen LogP contribution is 2.15. The molecule has 0 aliphatic rings. The zero-order valence-electron chi connectivity index (χ0n) is 8.70. The maximum atomic E-state index is 13.0. The fourth-order valence-electron chi connectivity index (χ4n) is 0.881. The average Bonchev–Trinajstić information content (AvgIpc) is 2.18. The molecule has 0 aliphatic heterocycles. The molecular weight excluding hydrogens is 199 g/mol. The number of ether oxygens (including phenoxy) is 2. The van der Waals surface area contributed by atoms with Crippen LogP contribution in [0.15, 0.2) is 24.3 Å². The van der Waals surface area contributed by atoms with Crippen LogP contribution in [0.3, 0.4) is 0 Å². The summed E-state index contributed by atoms with van der Waals surface area (Å²) in [5, 5.41) is 0. The molecule has 3 nitrogen and oxygen atoms in total. The van der Waals surface area contributed by atoms with Crippen LogP contribution in [0.1, 0.15) is 13.8 Å². The van der Waals surface area contributed by atoms with Crippen molar-refractivity contribution in [1.29, 1.82) is 0 Å². The van der Waals surface area contributed by atoms with Gasteiger partial charge in [0.05, 0.1) is 6.61 Å². The maximum absolute atomic E-state index is 13.0. The lowest BCUT2D eigenvalue weighted by molar-refractivity contribution is 0.0872. The molecule has 0 unspecified atom stereocenters. The number of carbonyl (C=O) groups is 1. The first-order valence-corrected chi connectivity index (χ1v) is 4.68. The van der Waals surface area contributed by atoms with Crippen molar-refractivity contribution >= 4 is 6.16 Å². The Morgan fingerprint density at radius 1 is 1.40 bits per heavy atom. The largest absolute Gasteiger partial charge is 0.513 e. The monoisotopic (exact) mass is 212 g/mol. The van der Waals surface area contributed by atoms with Gasteiger partial charge in [-0.3, -0.25) is 0 Å². The SMILES string of the molecule is CC(C)COC(=O)Oc1ccccc1F. The summed E-state index contributed by atoms with van der Waals surface area (Å²) in [5.41, 5.74) is 0. The van der Waals surface area contributed by atoms with E-state index in [0.29, 0.717) is 0 Å². The van der Waals surface area contributed by atoms with Crippen molar-refractivity contribution in [2.75, 3.05) is 6.61 Å². The van der Waals surface area contributed by atoms with Crippen LogP contribution in [0.4, 0.5) is 9.18 Å². The zero-order chi connectivity index (χ0) is 11.3. The Morgan fingerprint density at radius 3 is 2.67 bits per heavy atom. The third-order valence-electron chi connectivity index (χ3n) is 1.56. The molecule has 0 radical (unpaired) electrons. The van der Waals surface area contributed by atoms with E-state index >= 15 is 0 Å². The predicted molar refractivity (Wildman–Crippen MR) is 53.2 cm³/mol. The van der Waals surface area contributed by atoms with Crippen LogP contribution in [0, 0.1) is 11.7 Å². The summed E-state index contributed by atoms with van der Waals surface area (Å²) in [6, 6.07) is 5.67. The molecule has 1 aromatic rings. The van der Waals surface area contributed by atoms with Crippen molar-refractivity contribution in [1.82, 2.24) is 0 Å². The van der Waals surface area contributed by atoms with Crippen LogP contribution in [-0.2, 0) is 4.74 Å². The number of hydrogen-bond donors (Lipinski definition) is 0. The van der Waals surface area contributed by atoms with Gasteiger partial charge >= 0.3 is 6.16 Å². The van der Waals surface area contributed by atoms with Gasteiger partial charge in [0.15, 0.2) is 11.6 Å². The summed E-state index contributed by atoms with van der Waals surface area (Å²) in [6.45, 7) is 4.06. The minimum Gasteiger partial charge on any atom is -0.434 e. The Morgan fingerprint density at radius 2 is 2.07 bits per heavy atom. The third-order valence-corrected chi connectivity index (χ3v) is 1.56. The van der Waals surface area contributed by atoms with E-state index < -0.39 is 12.0 Å². The zero-order valence-corrected chi connectivity index (χ0v) is 8.70. The van der Waals surface area contributed by atoms with Gasteiger partial charge in [-0.25, -0.2) is 9.18 Å². The number of carbonyl (C=O) groups excluding carboxylic acids is 1. The second-order valence-corrected chi connectivity index (χ2v) is 3.49. The Kier molecular flexibility index (Phi) is 4.09. The number of halogens is 1. The van der Waals surface area contributed by atoms with E-state index in [4.69, 9.17) is 4.74 Å². The molecule has 0 saturated heterocycles. The van der Waals surface area contributed by atoms with Crippen molar-refractivity contribution in [3.05, 3.63) is 30.1 Å². The molecule has 1 aromatic carbocycles. The molecule has 1 rings (SSSR count). The highest BCUT2D eigenvalue weighted by molar-refractivity contribution is 5.63. The Balaban J connectivity index is 2.48. The van der Waals surface area contributed by atoms with Gasteiger partial charge in [0.25, 0.3) is 0 Å². The van der Waals surface area contributed by atoms with Crippen molar-refractivity contribution in [2.24, 2.45) is 5.92 Å². The molecule has 0 atom stereocenters. The molecule has 0 heterocycles. The van der Waals surface area contributed by atoms with E-state index in [1.54, 1.807) is 6.07 Å². The fraction of sp³-hybridized carbons (Fsp3) is 0.364. The summed E-state index contributed by atoms with van der Waals surface area (Å²) < 4.78 is 22.4. The van der Waals surface area contributed by atoms with Crippen LogP contribution < -0.4 is 4.74 Å². The van der Waals surface area contributed by atoms with Crippen LogP contribution >= 0.6 is 0 Å². The van der Waals surface area contributed by atoms with Crippen LogP contribution in [0.5, 0.6) is 5.75 Å². The summed E-state index contributed by atoms with van der Waals surface area (Å²) in [6.07, 6.45) is -0.881. The number of rotatable bonds is 3. The minimum absolute atomic E-state index is 0.119. The van der Waals surface area contributed by atoms with E-state index in [9.17, 15) is 9.18 Å². The summed E-state index contributed by atoms with van der Waals surface area (Å²) >= 11 is 0. The minimum atomic E-state index is -0.881. The van der Waals surface area contributed by atoms with Crippen molar-refractivity contribution < 1.29 is 18.7 Å². The van der Waals surface area contributed by atoms with E-state index in [2.05, 4.69) is 4.74 Å². The molecule has 0 spiro atoms. The van der Waals surface area contributed by atoms with Crippen molar-refractivity contribution in [2.45, 2.75) is 13.8 Å². The molecule has 82 valence electrons. The average molecular weight is 212 g/mol. The molecule has 0 fully saturated rings. The smallest absolute Gasteiger partial charge is 0.434 e. The van der Waals surface area contributed by atoms with E-state index in [1.807, 2.05) is 13.8 Å². The van der Waals surface area contributed by atoms with E-state index in [1.165, 1.54) is 18.2 Å². The van der Waals surface area contributed by atoms with Gasteiger partial charge in [-0.1, -0.05) is 26.0 Å². The van der Waals surface area contributed by atoms with Gasteiger partial charge in [-0.2, -0.15) is 0 Å². The highest BCUT2D eigenvalue weighted by atomic mass is 19.1. The first-order valence-electron chi connectivity index (χ1n) is 4.68. The van der Waals surface area contributed by atoms with Gasteiger partial charge in [0.2, 0.25) is 0 Å². The van der Waals surface area contributed by atoms with Crippen molar-refractivity contribution in [3.8, 4) is 5.75 Å². The predicted octanol–water partition coefficient (Wildman–Crippen LogP) is 3.00. The first-order chi connectivity index (χ1) is 7.09. The molecule has 15 heavy (non-hydrogen) atoms. The van der Waals surface area contributed by atoms with Gasteiger partial charge in [-0.15, -0.1) is 0 Å². The quantitative estimate of drug-likeness (QED) is 0.570. The molecule has 0 amide bonds. The lowest BCUT2D eigenvalue weighted by atomic mass is 10.2. The van der Waals surface area contributed by atoms with Gasteiger partial charge in [0.1, 0.15) is 0 Å². The summed E-state index contributed by atoms with van der Waals surface area (Å²) in [4.78, 5) is 11.1. The molecule has 4 heteroatoms. The first kappa shape index (κ1) is 11.5. The summed E-state index contributed by atoms with van der Waals surface area (Å²) in [5.74, 6) is -0.483. The molecule has 0 saturated carbocycles. The highest BCUT2D eigenvalue weighted by Gasteiger charge is 2.10. The lowest BCUT2D eigenvalue weighted by Crippen LogP contribution is -2.14. The topological polar surface area (TPSA) is 35.5 Å². The van der Waals surface area contributed by atoms with E-state index in [0.717, 1.165) is 0 Å². The van der Waals surface area contributed by atoms with E-state index in [-0.39, 0.29) is 18.3 Å².